The smallest absolute Gasteiger partial charge is 0.0354 e. The van der Waals surface area contributed by atoms with Gasteiger partial charge in [0.15, 0.2) is 0 Å². The Morgan fingerprint density at radius 2 is 1.05 bits per heavy atom. The molecule has 0 rings (SSSR count). The molecule has 21 heavy (non-hydrogen) atoms. The third kappa shape index (κ3) is 9.59. The predicted molar refractivity (Wildman–Crippen MR) is 98.8 cm³/mol. The van der Waals surface area contributed by atoms with Gasteiger partial charge in [-0.1, -0.05) is 99.8 Å². The van der Waals surface area contributed by atoms with E-state index in [1.165, 1.54) is 64.2 Å². The summed E-state index contributed by atoms with van der Waals surface area (Å²) in [5.74, 6) is 2.82. The molecule has 0 heteroatoms. The predicted octanol–water partition coefficient (Wildman–Crippen LogP) is 7.86. The van der Waals surface area contributed by atoms with E-state index < -0.39 is 0 Å². The van der Waals surface area contributed by atoms with Crippen LogP contribution in [0.25, 0.3) is 0 Å². The molecule has 0 radical (unpaired) electrons. The van der Waals surface area contributed by atoms with Gasteiger partial charge in [0.25, 0.3) is 0 Å². The second kappa shape index (κ2) is 11.6. The fraction of sp³-hybridized carbons (Fsp3) is 1.00. The molecule has 0 amide bonds. The monoisotopic (exact) mass is 296 g/mol. The summed E-state index contributed by atoms with van der Waals surface area (Å²) in [6, 6.07) is 0. The van der Waals surface area contributed by atoms with Gasteiger partial charge in [0.05, 0.1) is 0 Å². The van der Waals surface area contributed by atoms with Crippen LogP contribution >= 0.6 is 0 Å². The first kappa shape index (κ1) is 21.0. The Hall–Kier alpha value is 0. The van der Waals surface area contributed by atoms with E-state index in [-0.39, 0.29) is 0 Å². The summed E-state index contributed by atoms with van der Waals surface area (Å²) in [6.45, 7) is 16.9. The van der Waals surface area contributed by atoms with Crippen molar-refractivity contribution in [3.05, 3.63) is 0 Å². The first-order valence-corrected chi connectivity index (χ1v) is 9.88. The molecule has 0 aromatic heterocycles. The Morgan fingerprint density at radius 3 is 1.29 bits per heavy atom. The number of unbranched alkanes of at least 4 members (excludes halogenated alkanes) is 2. The SMILES string of the molecule is CCCCC(CC)CC(CC(CC)CCCC)C(C)(C)C. The van der Waals surface area contributed by atoms with Gasteiger partial charge in [-0.15, -0.1) is 0 Å². The standard InChI is InChI=1S/C21H44/c1-8-12-14-18(10-3)16-20(21(5,6)7)17-19(11-4)15-13-9-2/h18-20H,8-17H2,1-7H3. The second-order valence-corrected chi connectivity index (χ2v) is 8.37. The molecule has 0 aliphatic carbocycles. The summed E-state index contributed by atoms with van der Waals surface area (Å²) in [5.41, 5.74) is 0.471. The summed E-state index contributed by atoms with van der Waals surface area (Å²) < 4.78 is 0. The van der Waals surface area contributed by atoms with Gasteiger partial charge in [-0.05, 0) is 36.0 Å². The average Bonchev–Trinajstić information content (AvgIpc) is 2.44. The van der Waals surface area contributed by atoms with Crippen LogP contribution in [-0.2, 0) is 0 Å². The van der Waals surface area contributed by atoms with Gasteiger partial charge in [0.2, 0.25) is 0 Å². The van der Waals surface area contributed by atoms with Crippen LogP contribution in [0.1, 0.15) is 113 Å². The van der Waals surface area contributed by atoms with Gasteiger partial charge in [-0.2, -0.15) is 0 Å². The lowest BCUT2D eigenvalue weighted by molar-refractivity contribution is 0.147. The van der Waals surface area contributed by atoms with Crippen molar-refractivity contribution in [2.45, 2.75) is 113 Å². The maximum Gasteiger partial charge on any atom is -0.0354 e. The summed E-state index contributed by atoms with van der Waals surface area (Å²) in [4.78, 5) is 0. The molecule has 0 nitrogen and oxygen atoms in total. The van der Waals surface area contributed by atoms with Crippen molar-refractivity contribution in [3.63, 3.8) is 0 Å². The number of rotatable bonds is 12. The zero-order valence-electron chi connectivity index (χ0n) is 16.3. The highest BCUT2D eigenvalue weighted by Gasteiger charge is 2.28. The van der Waals surface area contributed by atoms with Crippen LogP contribution in [0.5, 0.6) is 0 Å². The van der Waals surface area contributed by atoms with E-state index in [1.807, 2.05) is 0 Å². The molecule has 0 fully saturated rings. The maximum absolute atomic E-state index is 2.47. The molecule has 0 aliphatic heterocycles. The minimum Gasteiger partial charge on any atom is -0.0654 e. The lowest BCUT2D eigenvalue weighted by atomic mass is 9.70. The largest absolute Gasteiger partial charge is 0.0654 e. The second-order valence-electron chi connectivity index (χ2n) is 8.37. The topological polar surface area (TPSA) is 0 Å². The molecule has 2 atom stereocenters. The molecule has 128 valence electrons. The average molecular weight is 297 g/mol. The summed E-state index contributed by atoms with van der Waals surface area (Å²) >= 11 is 0. The fourth-order valence-corrected chi connectivity index (χ4v) is 3.57. The van der Waals surface area contributed by atoms with E-state index in [1.54, 1.807) is 0 Å². The molecular formula is C21H44. The summed E-state index contributed by atoms with van der Waals surface area (Å²) in [7, 11) is 0. The van der Waals surface area contributed by atoms with Crippen LogP contribution in [-0.4, -0.2) is 0 Å². The van der Waals surface area contributed by atoms with E-state index >= 15 is 0 Å². The zero-order chi connectivity index (χ0) is 16.3. The highest BCUT2D eigenvalue weighted by Crippen LogP contribution is 2.39. The van der Waals surface area contributed by atoms with Crippen LogP contribution < -0.4 is 0 Å². The molecule has 0 aliphatic rings. The van der Waals surface area contributed by atoms with Crippen molar-refractivity contribution in [3.8, 4) is 0 Å². The van der Waals surface area contributed by atoms with Crippen molar-refractivity contribution < 1.29 is 0 Å². The lowest BCUT2D eigenvalue weighted by Gasteiger charge is -2.36. The molecule has 2 unspecified atom stereocenters. The Morgan fingerprint density at radius 1 is 0.667 bits per heavy atom. The van der Waals surface area contributed by atoms with E-state index in [2.05, 4.69) is 48.5 Å². The first-order valence-electron chi connectivity index (χ1n) is 9.88. The van der Waals surface area contributed by atoms with Crippen LogP contribution in [0.15, 0.2) is 0 Å². The molecule has 0 aromatic rings. The highest BCUT2D eigenvalue weighted by molar-refractivity contribution is 4.79. The van der Waals surface area contributed by atoms with E-state index in [9.17, 15) is 0 Å². The van der Waals surface area contributed by atoms with Gasteiger partial charge in [-0.3, -0.25) is 0 Å². The van der Waals surface area contributed by atoms with Gasteiger partial charge in [0, 0.05) is 0 Å². The van der Waals surface area contributed by atoms with Gasteiger partial charge in [-0.25, -0.2) is 0 Å². The summed E-state index contributed by atoms with van der Waals surface area (Å²) in [6.07, 6.45) is 14.1. The Bertz CT molecular complexity index is 205. The maximum atomic E-state index is 2.47. The van der Waals surface area contributed by atoms with Crippen LogP contribution in [0.2, 0.25) is 0 Å². The number of hydrogen-bond acceptors (Lipinski definition) is 0. The minimum atomic E-state index is 0.471. The van der Waals surface area contributed by atoms with Gasteiger partial charge < -0.3 is 0 Å². The van der Waals surface area contributed by atoms with Gasteiger partial charge >= 0.3 is 0 Å². The van der Waals surface area contributed by atoms with Crippen molar-refractivity contribution in [2.24, 2.45) is 23.2 Å². The minimum absolute atomic E-state index is 0.471. The molecule has 0 heterocycles. The Balaban J connectivity index is 4.63. The van der Waals surface area contributed by atoms with Crippen molar-refractivity contribution >= 4 is 0 Å². The zero-order valence-corrected chi connectivity index (χ0v) is 16.3. The molecule has 0 saturated carbocycles. The molecule has 0 bridgehead atoms. The van der Waals surface area contributed by atoms with Crippen molar-refractivity contribution in [1.29, 1.82) is 0 Å². The van der Waals surface area contributed by atoms with Crippen LogP contribution in [0, 0.1) is 23.2 Å². The van der Waals surface area contributed by atoms with Gasteiger partial charge in [0.1, 0.15) is 0 Å². The third-order valence-corrected chi connectivity index (χ3v) is 5.55. The van der Waals surface area contributed by atoms with Crippen LogP contribution in [0.4, 0.5) is 0 Å². The first-order chi connectivity index (χ1) is 9.88. The third-order valence-electron chi connectivity index (χ3n) is 5.55. The van der Waals surface area contributed by atoms with Crippen LogP contribution in [0.3, 0.4) is 0 Å². The highest BCUT2D eigenvalue weighted by atomic mass is 14.3. The van der Waals surface area contributed by atoms with Crippen molar-refractivity contribution in [2.75, 3.05) is 0 Å². The summed E-state index contributed by atoms with van der Waals surface area (Å²) in [5, 5.41) is 0. The normalized spacial score (nSPS) is 16.7. The molecule has 0 saturated heterocycles. The molecule has 0 N–H and O–H groups in total. The Kier molecular flexibility index (Phi) is 11.6. The number of hydrogen-bond donors (Lipinski definition) is 0. The van der Waals surface area contributed by atoms with E-state index in [0.29, 0.717) is 5.41 Å². The van der Waals surface area contributed by atoms with E-state index in [4.69, 9.17) is 0 Å². The van der Waals surface area contributed by atoms with Crippen molar-refractivity contribution in [1.82, 2.24) is 0 Å². The molecule has 0 aromatic carbocycles. The fourth-order valence-electron chi connectivity index (χ4n) is 3.57. The van der Waals surface area contributed by atoms with E-state index in [0.717, 1.165) is 17.8 Å². The molecule has 0 spiro atoms. The quantitative estimate of drug-likeness (QED) is 0.344. The Labute approximate surface area is 136 Å². The molecular weight excluding hydrogens is 252 g/mol. The lowest BCUT2D eigenvalue weighted by Crippen LogP contribution is -2.26.